The molecule has 5 atom stereocenters. The first-order valence-corrected chi connectivity index (χ1v) is 42.0. The van der Waals surface area contributed by atoms with E-state index in [1.165, 1.54) is 25.7 Å². The highest BCUT2D eigenvalue weighted by Gasteiger charge is 2.30. The van der Waals surface area contributed by atoms with Gasteiger partial charge in [-0.05, 0) is 161 Å². The highest BCUT2D eigenvalue weighted by molar-refractivity contribution is 7.47. The van der Waals surface area contributed by atoms with E-state index >= 15 is 0 Å². The van der Waals surface area contributed by atoms with Crippen LogP contribution in [0.5, 0.6) is 0 Å². The maximum Gasteiger partial charge on any atom is 0.472 e. The summed E-state index contributed by atoms with van der Waals surface area (Å²) in [6.07, 6.45) is 90.5. The normalized spacial score (nSPS) is 14.9. The van der Waals surface area contributed by atoms with Gasteiger partial charge in [0.25, 0.3) is 0 Å². The molecule has 19 heteroatoms. The zero-order chi connectivity index (χ0) is 76.0. The van der Waals surface area contributed by atoms with Crippen molar-refractivity contribution < 1.29 is 80.2 Å². The monoisotopic (exact) mass is 1490 g/mol. The van der Waals surface area contributed by atoms with Gasteiger partial charge in [0.15, 0.2) is 12.2 Å². The summed E-state index contributed by atoms with van der Waals surface area (Å²) < 4.78 is 68.4. The second-order valence-electron chi connectivity index (χ2n) is 25.1. The van der Waals surface area contributed by atoms with Gasteiger partial charge >= 0.3 is 39.5 Å². The fourth-order valence-electron chi connectivity index (χ4n) is 9.52. The number of unbranched alkanes of at least 4 members (excludes halogenated alkanes) is 15. The summed E-state index contributed by atoms with van der Waals surface area (Å²) in [4.78, 5) is 72.9. The average molecular weight is 1490 g/mol. The van der Waals surface area contributed by atoms with E-state index in [0.29, 0.717) is 38.5 Å². The van der Waals surface area contributed by atoms with Crippen LogP contribution in [0.2, 0.25) is 0 Å². The third kappa shape index (κ3) is 74.4. The predicted molar refractivity (Wildman–Crippen MR) is 426 cm³/mol. The fraction of sp³-hybridized carbons (Fsp3) is 0.600. The van der Waals surface area contributed by atoms with Gasteiger partial charge in [-0.15, -0.1) is 0 Å². The summed E-state index contributed by atoms with van der Waals surface area (Å²) in [7, 11) is -10.0. The molecule has 3 N–H and O–H groups in total. The fourth-order valence-corrected chi connectivity index (χ4v) is 11.1. The van der Waals surface area contributed by atoms with Gasteiger partial charge in [0.2, 0.25) is 0 Å². The molecule has 5 unspecified atom stereocenters. The molecule has 0 aliphatic heterocycles. The number of hydrogen-bond acceptors (Lipinski definition) is 15. The van der Waals surface area contributed by atoms with Crippen molar-refractivity contribution >= 4 is 39.5 Å². The molecule has 0 aliphatic carbocycles. The minimum absolute atomic E-state index is 0.00695. The molecule has 17 nitrogen and oxygen atoms in total. The summed E-state index contributed by atoms with van der Waals surface area (Å²) in [5.74, 6) is -2.39. The number of allylic oxidation sites excluding steroid dienone is 30. The van der Waals surface area contributed by atoms with Crippen LogP contribution < -0.4 is 0 Å². The lowest BCUT2D eigenvalue weighted by molar-refractivity contribution is -0.161. The number of carbonyl (C=O) groups is 4. The number of carbonyl (C=O) groups excluding carboxylic acids is 4. The molecule has 0 aromatic rings. The third-order valence-corrected chi connectivity index (χ3v) is 17.3. The van der Waals surface area contributed by atoms with Crippen molar-refractivity contribution in [1.29, 1.82) is 0 Å². The van der Waals surface area contributed by atoms with Crippen LogP contribution in [0, 0.1) is 0 Å². The number of hydrogen-bond donors (Lipinski definition) is 3. The van der Waals surface area contributed by atoms with E-state index in [9.17, 15) is 43.2 Å². The maximum atomic E-state index is 13.1. The Morgan fingerprint density at radius 3 is 0.875 bits per heavy atom. The van der Waals surface area contributed by atoms with Crippen molar-refractivity contribution in [2.24, 2.45) is 0 Å². The Morgan fingerprint density at radius 1 is 0.279 bits per heavy atom. The van der Waals surface area contributed by atoms with E-state index in [-0.39, 0.29) is 25.7 Å². The van der Waals surface area contributed by atoms with Crippen LogP contribution in [0.3, 0.4) is 0 Å². The molecule has 0 aliphatic rings. The van der Waals surface area contributed by atoms with Gasteiger partial charge in [-0.25, -0.2) is 9.13 Å². The number of aliphatic hydroxyl groups is 1. The second-order valence-corrected chi connectivity index (χ2v) is 28.1. The maximum absolute atomic E-state index is 13.1. The Bertz CT molecular complexity index is 2690. The van der Waals surface area contributed by atoms with Crippen LogP contribution in [-0.2, 0) is 65.4 Å². The van der Waals surface area contributed by atoms with Crippen molar-refractivity contribution in [2.45, 2.75) is 290 Å². The van der Waals surface area contributed by atoms with Crippen molar-refractivity contribution in [1.82, 2.24) is 0 Å². The van der Waals surface area contributed by atoms with Crippen LogP contribution in [0.1, 0.15) is 272 Å². The van der Waals surface area contributed by atoms with Crippen molar-refractivity contribution in [2.75, 3.05) is 39.6 Å². The SMILES string of the molecule is CC/C=C\C/C=C\C/C=C\C/C=C\C/C=C\C/C=C\CCC(=O)OCC(COP(=O)(O)OCC(O)COP(=O)(O)OCC(COC(=O)CCCCCCC/C=C\C/C=C\C/C=C\CC)OC(=O)CCCCCCC/C=C\CCCCCC)OC(=O)CCC/C=C\C/C=C\C/C=C\C/C=C\C/C=C\CC. The smallest absolute Gasteiger partial charge is 0.462 e. The number of phosphoric ester groups is 2. The molecular weight excluding hydrogens is 1350 g/mol. The minimum Gasteiger partial charge on any atom is -0.462 e. The lowest BCUT2D eigenvalue weighted by atomic mass is 10.1. The number of rotatable bonds is 71. The first-order chi connectivity index (χ1) is 50.7. The standard InChI is InChI=1S/C85H136O17P2/c1-5-9-13-17-21-25-29-33-36-38-39-41-43-47-50-54-58-62-66-70-83(88)96-76-81(102-85(90)72-68-64-60-56-52-48-44-40-37-34-30-26-22-18-14-10-6-2)78-100-104(93,94)98-74-79(86)73-97-103(91,92)99-77-80(101-84(89)71-67-63-59-55-51-45-32-28-24-20-16-12-8-4)75-95-82(87)69-65-61-57-53-49-46-42-35-31-27-23-19-15-11-7-3/h9-11,13-15,21-23,25-28,32-37,39,41-42,44,47-48,50,56,58,60,62,79-81,86H,5-8,12,16-20,24,29-31,38,40,43,45-46,49,51-55,57,59,61,63-78H2,1-4H3,(H,91,92)(H,93,94)/b13-9-,14-10-,15-11-,25-21-,26-22-,27-23-,32-28-,36-33-,37-34-,41-39-,42-35-,48-44-,50-47-,60-56-,62-58-. The molecule has 0 aromatic heterocycles. The van der Waals surface area contributed by atoms with Gasteiger partial charge < -0.3 is 33.8 Å². The lowest BCUT2D eigenvalue weighted by Gasteiger charge is -2.21. The molecule has 0 radical (unpaired) electrons. The van der Waals surface area contributed by atoms with Gasteiger partial charge in [-0.2, -0.15) is 0 Å². The molecule has 0 bridgehead atoms. The zero-order valence-electron chi connectivity index (χ0n) is 64.1. The molecule has 0 saturated carbocycles. The quantitative estimate of drug-likeness (QED) is 0.0169. The Labute approximate surface area is 628 Å². The number of aliphatic hydroxyl groups excluding tert-OH is 1. The summed E-state index contributed by atoms with van der Waals surface area (Å²) >= 11 is 0. The Kier molecular flexibility index (Phi) is 71.2. The van der Waals surface area contributed by atoms with Gasteiger partial charge in [0.05, 0.1) is 26.4 Å². The largest absolute Gasteiger partial charge is 0.472 e. The molecule has 0 heterocycles. The Morgan fingerprint density at radius 2 is 0.529 bits per heavy atom. The van der Waals surface area contributed by atoms with Gasteiger partial charge in [0, 0.05) is 25.7 Å². The van der Waals surface area contributed by atoms with E-state index in [2.05, 4.69) is 180 Å². The molecule has 0 saturated heterocycles. The minimum atomic E-state index is -5.02. The molecule has 0 aromatic carbocycles. The van der Waals surface area contributed by atoms with Crippen molar-refractivity contribution in [3.05, 3.63) is 182 Å². The van der Waals surface area contributed by atoms with E-state index in [0.717, 1.165) is 154 Å². The summed E-state index contributed by atoms with van der Waals surface area (Å²) in [6, 6.07) is 0. The van der Waals surface area contributed by atoms with Crippen LogP contribution in [0.25, 0.3) is 0 Å². The summed E-state index contributed by atoms with van der Waals surface area (Å²) in [6.45, 7) is 4.31. The molecule has 0 rings (SSSR count). The van der Waals surface area contributed by atoms with E-state index < -0.39 is 97.5 Å². The number of esters is 4. The van der Waals surface area contributed by atoms with Crippen molar-refractivity contribution in [3.8, 4) is 0 Å². The van der Waals surface area contributed by atoms with Gasteiger partial charge in [-0.1, -0.05) is 268 Å². The summed E-state index contributed by atoms with van der Waals surface area (Å²) in [5.41, 5.74) is 0. The number of phosphoric acid groups is 2. The van der Waals surface area contributed by atoms with Crippen LogP contribution in [-0.4, -0.2) is 96.7 Å². The molecule has 0 spiro atoms. The molecular formula is C85H136O17P2. The van der Waals surface area contributed by atoms with E-state index in [1.54, 1.807) is 0 Å². The van der Waals surface area contributed by atoms with E-state index in [4.69, 9.17) is 37.0 Å². The highest BCUT2D eigenvalue weighted by Crippen LogP contribution is 2.45. The predicted octanol–water partition coefficient (Wildman–Crippen LogP) is 22.8. The molecule has 0 amide bonds. The van der Waals surface area contributed by atoms with Crippen LogP contribution >= 0.6 is 15.6 Å². The van der Waals surface area contributed by atoms with E-state index in [1.807, 2.05) is 30.4 Å². The molecule has 104 heavy (non-hydrogen) atoms. The first-order valence-electron chi connectivity index (χ1n) is 39.0. The first kappa shape index (κ1) is 98.2. The average Bonchev–Trinajstić information content (AvgIpc) is 0.911. The Balaban J connectivity index is 5.52. The van der Waals surface area contributed by atoms with Crippen LogP contribution in [0.4, 0.5) is 0 Å². The molecule has 588 valence electrons. The Hall–Kier alpha value is -5.84. The third-order valence-electron chi connectivity index (χ3n) is 15.4. The topological polar surface area (TPSA) is 237 Å². The zero-order valence-corrected chi connectivity index (χ0v) is 65.9. The second kappa shape index (κ2) is 75.4. The summed E-state index contributed by atoms with van der Waals surface area (Å²) in [5, 5.41) is 10.6. The van der Waals surface area contributed by atoms with Crippen molar-refractivity contribution in [3.63, 3.8) is 0 Å². The molecule has 0 fully saturated rings. The highest BCUT2D eigenvalue weighted by atomic mass is 31.2. The van der Waals surface area contributed by atoms with Gasteiger partial charge in [-0.3, -0.25) is 37.3 Å². The van der Waals surface area contributed by atoms with Gasteiger partial charge in [0.1, 0.15) is 19.3 Å². The van der Waals surface area contributed by atoms with Crippen LogP contribution in [0.15, 0.2) is 182 Å². The number of ether oxygens (including phenoxy) is 4. The lowest BCUT2D eigenvalue weighted by Crippen LogP contribution is -2.30.